The SMILES string of the molecule is CCCCCCCCCC(OC)c1cccc(-c2csc(NC(=O)c3cc(Cl)c(/C=C(/OC)C(=O)O)c(Cl)c3)n2)c1F. The predicted octanol–water partition coefficient (Wildman–Crippen LogP) is 9.41. The number of thiazole rings is 1. The van der Waals surface area contributed by atoms with Gasteiger partial charge >= 0.3 is 5.97 Å². The van der Waals surface area contributed by atoms with E-state index in [1.54, 1.807) is 30.7 Å². The number of methoxy groups -OCH3 is 2. The zero-order chi connectivity index (χ0) is 30.6. The van der Waals surface area contributed by atoms with Crippen molar-refractivity contribution in [2.24, 2.45) is 0 Å². The van der Waals surface area contributed by atoms with Gasteiger partial charge < -0.3 is 14.6 Å². The highest BCUT2D eigenvalue weighted by Crippen LogP contribution is 2.34. The Labute approximate surface area is 259 Å². The van der Waals surface area contributed by atoms with Crippen molar-refractivity contribution in [1.29, 1.82) is 0 Å². The topological polar surface area (TPSA) is 97.8 Å². The molecule has 42 heavy (non-hydrogen) atoms. The summed E-state index contributed by atoms with van der Waals surface area (Å²) in [4.78, 5) is 28.6. The number of ether oxygens (including phenoxy) is 2. The quantitative estimate of drug-likeness (QED) is 0.0923. The number of halogens is 3. The van der Waals surface area contributed by atoms with Crippen molar-refractivity contribution in [3.8, 4) is 11.3 Å². The van der Waals surface area contributed by atoms with E-state index in [4.69, 9.17) is 32.7 Å². The molecule has 1 heterocycles. The minimum atomic E-state index is -1.29. The molecule has 0 aliphatic heterocycles. The first-order chi connectivity index (χ1) is 20.2. The summed E-state index contributed by atoms with van der Waals surface area (Å²) in [7, 11) is 2.81. The Morgan fingerprint density at radius 2 is 1.76 bits per heavy atom. The van der Waals surface area contributed by atoms with E-state index in [1.165, 1.54) is 57.4 Å². The van der Waals surface area contributed by atoms with E-state index in [9.17, 15) is 14.7 Å². The fourth-order valence-electron chi connectivity index (χ4n) is 4.50. The number of carbonyl (C=O) groups excluding carboxylic acids is 1. The summed E-state index contributed by atoms with van der Waals surface area (Å²) in [5.41, 5.74) is 1.52. The standard InChI is InChI=1S/C31H35Cl2FN2O5S/c1-4-5-6-7-8-9-10-14-26(40-2)21-13-11-12-20(28(21)34)25-18-42-31(35-25)36-29(37)19-15-23(32)22(24(33)16-19)17-27(41-3)30(38)39/h11-13,15-18,26H,4-10,14H2,1-3H3,(H,38,39)(H,35,36,37)/b27-17+. The fraction of sp³-hybridized carbons (Fsp3) is 0.387. The second-order valence-electron chi connectivity index (χ2n) is 9.71. The maximum absolute atomic E-state index is 15.7. The van der Waals surface area contributed by atoms with Gasteiger partial charge in [0.1, 0.15) is 5.82 Å². The first-order valence-corrected chi connectivity index (χ1v) is 15.4. The fourth-order valence-corrected chi connectivity index (χ4v) is 5.80. The first kappa shape index (κ1) is 33.5. The minimum Gasteiger partial charge on any atom is -0.490 e. The Balaban J connectivity index is 1.71. The predicted molar refractivity (Wildman–Crippen MR) is 167 cm³/mol. The molecule has 2 aromatic carbocycles. The molecule has 0 spiro atoms. The zero-order valence-electron chi connectivity index (χ0n) is 23.8. The summed E-state index contributed by atoms with van der Waals surface area (Å²) in [6, 6.07) is 7.88. The Hall–Kier alpha value is -2.98. The van der Waals surface area contributed by atoms with Crippen molar-refractivity contribution in [1.82, 2.24) is 4.98 Å². The number of hydrogen-bond acceptors (Lipinski definition) is 6. The molecular weight excluding hydrogens is 602 g/mol. The normalized spacial score (nSPS) is 12.3. The number of hydrogen-bond donors (Lipinski definition) is 2. The highest BCUT2D eigenvalue weighted by molar-refractivity contribution is 7.14. The summed E-state index contributed by atoms with van der Waals surface area (Å²) in [5.74, 6) is -2.59. The zero-order valence-corrected chi connectivity index (χ0v) is 26.2. The lowest BCUT2D eigenvalue weighted by molar-refractivity contribution is -0.135. The lowest BCUT2D eigenvalue weighted by Gasteiger charge is -2.17. The number of benzene rings is 2. The molecule has 1 aromatic heterocycles. The van der Waals surface area contributed by atoms with Crippen molar-refractivity contribution < 1.29 is 28.6 Å². The van der Waals surface area contributed by atoms with Crippen LogP contribution in [0.2, 0.25) is 10.0 Å². The lowest BCUT2D eigenvalue weighted by atomic mass is 9.98. The van der Waals surface area contributed by atoms with Crippen LogP contribution in [0, 0.1) is 5.82 Å². The van der Waals surface area contributed by atoms with E-state index >= 15 is 4.39 Å². The number of aromatic nitrogens is 1. The maximum Gasteiger partial charge on any atom is 0.371 e. The van der Waals surface area contributed by atoms with Crippen LogP contribution in [0.4, 0.5) is 9.52 Å². The summed E-state index contributed by atoms with van der Waals surface area (Å²) >= 11 is 13.7. The molecule has 226 valence electrons. The molecule has 3 rings (SSSR count). The first-order valence-electron chi connectivity index (χ1n) is 13.8. The Morgan fingerprint density at radius 1 is 1.10 bits per heavy atom. The second-order valence-corrected chi connectivity index (χ2v) is 11.4. The Kier molecular flexibility index (Phi) is 13.3. The molecule has 0 aliphatic carbocycles. The molecule has 0 saturated carbocycles. The van der Waals surface area contributed by atoms with Crippen LogP contribution in [-0.4, -0.2) is 36.2 Å². The number of carboxylic acid groups (broad SMARTS) is 1. The van der Waals surface area contributed by atoms with Gasteiger partial charge in [0.05, 0.1) is 29.0 Å². The van der Waals surface area contributed by atoms with E-state index in [1.807, 2.05) is 0 Å². The number of amides is 1. The van der Waals surface area contributed by atoms with Crippen molar-refractivity contribution in [2.75, 3.05) is 19.5 Å². The molecule has 0 saturated heterocycles. The third-order valence-corrected chi connectivity index (χ3v) is 8.16. The maximum atomic E-state index is 15.7. The Bertz CT molecular complexity index is 1390. The molecule has 0 bridgehead atoms. The third kappa shape index (κ3) is 9.01. The van der Waals surface area contributed by atoms with Gasteiger partial charge in [0.25, 0.3) is 5.91 Å². The lowest BCUT2D eigenvalue weighted by Crippen LogP contribution is -2.12. The average Bonchev–Trinajstić information content (AvgIpc) is 3.42. The number of carbonyl (C=O) groups is 2. The number of nitrogens with zero attached hydrogens (tertiary/aromatic N) is 1. The summed E-state index contributed by atoms with van der Waals surface area (Å²) in [5, 5.41) is 13.9. The number of unbranched alkanes of at least 4 members (excludes halogenated alkanes) is 6. The van der Waals surface area contributed by atoms with Crippen LogP contribution in [-0.2, 0) is 14.3 Å². The van der Waals surface area contributed by atoms with Crippen molar-refractivity contribution in [3.63, 3.8) is 0 Å². The van der Waals surface area contributed by atoms with Gasteiger partial charge in [-0.05, 0) is 30.7 Å². The molecule has 11 heteroatoms. The smallest absolute Gasteiger partial charge is 0.371 e. The third-order valence-electron chi connectivity index (χ3n) is 6.78. The molecule has 2 N–H and O–H groups in total. The largest absolute Gasteiger partial charge is 0.490 e. The molecule has 1 amide bonds. The number of aliphatic carboxylic acids is 1. The summed E-state index contributed by atoms with van der Waals surface area (Å²) < 4.78 is 26.1. The molecule has 1 unspecified atom stereocenters. The van der Waals surface area contributed by atoms with E-state index in [-0.39, 0.29) is 38.2 Å². The van der Waals surface area contributed by atoms with Crippen LogP contribution in [0.25, 0.3) is 17.3 Å². The average molecular weight is 638 g/mol. The number of carboxylic acids is 1. The van der Waals surface area contributed by atoms with E-state index in [0.717, 1.165) is 30.6 Å². The van der Waals surface area contributed by atoms with E-state index in [2.05, 4.69) is 17.2 Å². The van der Waals surface area contributed by atoms with Gasteiger partial charge in [0, 0.05) is 34.7 Å². The number of nitrogens with one attached hydrogen (secondary N) is 1. The molecule has 0 radical (unpaired) electrons. The monoisotopic (exact) mass is 636 g/mol. The van der Waals surface area contributed by atoms with Crippen LogP contribution in [0.3, 0.4) is 0 Å². The van der Waals surface area contributed by atoms with Crippen molar-refractivity contribution >= 4 is 57.6 Å². The van der Waals surface area contributed by atoms with E-state index in [0.29, 0.717) is 16.8 Å². The second kappa shape index (κ2) is 16.6. The highest BCUT2D eigenvalue weighted by atomic mass is 35.5. The Morgan fingerprint density at radius 3 is 2.38 bits per heavy atom. The van der Waals surface area contributed by atoms with Crippen molar-refractivity contribution in [2.45, 2.75) is 64.4 Å². The van der Waals surface area contributed by atoms with Gasteiger partial charge in [0.15, 0.2) is 5.13 Å². The molecule has 1 atom stereocenters. The van der Waals surface area contributed by atoms with Gasteiger partial charge in [-0.15, -0.1) is 11.3 Å². The van der Waals surface area contributed by atoms with Gasteiger partial charge in [-0.3, -0.25) is 10.1 Å². The van der Waals surface area contributed by atoms with Crippen molar-refractivity contribution in [3.05, 3.63) is 74.0 Å². The van der Waals surface area contributed by atoms with Gasteiger partial charge in [-0.2, -0.15) is 0 Å². The number of rotatable bonds is 16. The van der Waals surface area contributed by atoms with Gasteiger partial charge in [-0.1, -0.05) is 87.2 Å². The van der Waals surface area contributed by atoms with E-state index < -0.39 is 17.7 Å². The molecule has 3 aromatic rings. The minimum absolute atomic E-state index is 0.0614. The van der Waals surface area contributed by atoms with Crippen LogP contribution in [0.5, 0.6) is 0 Å². The number of anilines is 1. The summed E-state index contributed by atoms with van der Waals surface area (Å²) in [6.07, 6.45) is 9.73. The van der Waals surface area contributed by atoms with Crippen LogP contribution < -0.4 is 5.32 Å². The van der Waals surface area contributed by atoms with Gasteiger partial charge in [0.2, 0.25) is 5.76 Å². The van der Waals surface area contributed by atoms with Crippen LogP contribution >= 0.6 is 34.5 Å². The molecule has 0 aliphatic rings. The van der Waals surface area contributed by atoms with Gasteiger partial charge in [-0.25, -0.2) is 14.2 Å². The van der Waals surface area contributed by atoms with Crippen LogP contribution in [0.15, 0.2) is 41.5 Å². The highest BCUT2D eigenvalue weighted by Gasteiger charge is 2.21. The molecule has 7 nitrogen and oxygen atoms in total. The molecule has 0 fully saturated rings. The molecular formula is C31H35Cl2FN2O5S. The summed E-state index contributed by atoms with van der Waals surface area (Å²) in [6.45, 7) is 2.20. The van der Waals surface area contributed by atoms with Crippen LogP contribution in [0.1, 0.15) is 85.9 Å².